The van der Waals surface area contributed by atoms with Crippen LogP contribution in [0.25, 0.3) is 10.2 Å². The number of fused-ring (bicyclic) bond motifs is 1. The average Bonchev–Trinajstić information content (AvgIpc) is 3.61. The van der Waals surface area contributed by atoms with Gasteiger partial charge in [0, 0.05) is 18.2 Å². The molecule has 0 spiro atoms. The van der Waals surface area contributed by atoms with E-state index in [9.17, 15) is 13.2 Å². The van der Waals surface area contributed by atoms with E-state index in [1.54, 1.807) is 39.7 Å². The van der Waals surface area contributed by atoms with Gasteiger partial charge in [0.25, 0.3) is 5.91 Å². The number of thiazole rings is 1. The molecule has 200 valence electrons. The average molecular weight is 554 g/mol. The summed E-state index contributed by atoms with van der Waals surface area (Å²) >= 11 is 1.39. The van der Waals surface area contributed by atoms with E-state index >= 15 is 0 Å². The zero-order valence-corrected chi connectivity index (χ0v) is 23.1. The number of aromatic nitrogens is 1. The van der Waals surface area contributed by atoms with Crippen molar-refractivity contribution >= 4 is 42.6 Å². The van der Waals surface area contributed by atoms with E-state index in [-0.39, 0.29) is 23.4 Å². The summed E-state index contributed by atoms with van der Waals surface area (Å²) in [4.78, 5) is 20.2. The van der Waals surface area contributed by atoms with E-state index in [2.05, 4.69) is 0 Å². The second-order valence-corrected chi connectivity index (χ2v) is 12.1. The summed E-state index contributed by atoms with van der Waals surface area (Å²) in [5.74, 6) is 1.07. The van der Waals surface area contributed by atoms with Crippen LogP contribution in [0.4, 0.5) is 5.13 Å². The largest absolute Gasteiger partial charge is 0.494 e. The van der Waals surface area contributed by atoms with Crippen molar-refractivity contribution in [2.45, 2.75) is 57.0 Å². The third-order valence-electron chi connectivity index (χ3n) is 6.78. The number of rotatable bonds is 9. The molecule has 1 unspecified atom stereocenters. The van der Waals surface area contributed by atoms with Crippen LogP contribution < -0.4 is 9.64 Å². The molecule has 0 saturated carbocycles. The molecule has 10 heteroatoms. The molecule has 1 saturated heterocycles. The number of hydrogen-bond donors (Lipinski definition) is 0. The number of sulfonamides is 1. The van der Waals surface area contributed by atoms with E-state index < -0.39 is 10.0 Å². The highest BCUT2D eigenvalue weighted by molar-refractivity contribution is 7.89. The fourth-order valence-corrected chi connectivity index (χ4v) is 7.57. The molecule has 1 atom stereocenters. The molecular weight excluding hydrogens is 522 g/mol. The SMILES string of the molecule is CCOc1ccc2nc(N(Cc3ccco3)C(=O)c3ccc(S(=O)(=O)N4CCCCC4CC)cc3)sc2c1. The predicted molar refractivity (Wildman–Crippen MR) is 148 cm³/mol. The van der Waals surface area contributed by atoms with Crippen LogP contribution in [0.1, 0.15) is 55.6 Å². The fraction of sp³-hybridized carbons (Fsp3) is 0.357. The van der Waals surface area contributed by atoms with Crippen molar-refractivity contribution in [3.63, 3.8) is 0 Å². The van der Waals surface area contributed by atoms with E-state index in [0.717, 1.165) is 41.6 Å². The predicted octanol–water partition coefficient (Wildman–Crippen LogP) is 6.09. The van der Waals surface area contributed by atoms with Crippen molar-refractivity contribution in [3.8, 4) is 5.75 Å². The second-order valence-electron chi connectivity index (χ2n) is 9.23. The summed E-state index contributed by atoms with van der Waals surface area (Å²) in [6.45, 7) is 5.23. The number of nitrogens with zero attached hydrogens (tertiary/aromatic N) is 3. The highest BCUT2D eigenvalue weighted by atomic mass is 32.2. The van der Waals surface area contributed by atoms with Crippen LogP contribution in [0.3, 0.4) is 0 Å². The van der Waals surface area contributed by atoms with Gasteiger partial charge in [0.2, 0.25) is 10.0 Å². The molecule has 1 aliphatic rings. The number of carbonyl (C=O) groups excluding carboxylic acids is 1. The van der Waals surface area contributed by atoms with Gasteiger partial charge in [0.05, 0.1) is 34.5 Å². The standard InChI is InChI=1S/C28H31N3O5S2/c1-3-21-8-5-6-16-31(21)38(33,34)24-13-10-20(11-14-24)27(32)30(19-23-9-7-17-36-23)28-29-25-15-12-22(35-4-2)18-26(25)37-28/h7,9-15,17-18,21H,3-6,8,16,19H2,1-2H3. The zero-order valence-electron chi connectivity index (χ0n) is 21.5. The van der Waals surface area contributed by atoms with Crippen molar-refractivity contribution in [1.82, 2.24) is 9.29 Å². The van der Waals surface area contributed by atoms with Crippen LogP contribution in [0.5, 0.6) is 5.75 Å². The summed E-state index contributed by atoms with van der Waals surface area (Å²) in [7, 11) is -3.63. The Balaban J connectivity index is 1.45. The van der Waals surface area contributed by atoms with Gasteiger partial charge in [-0.1, -0.05) is 24.7 Å². The first-order valence-corrected chi connectivity index (χ1v) is 15.2. The lowest BCUT2D eigenvalue weighted by Gasteiger charge is -2.34. The molecule has 0 N–H and O–H groups in total. The van der Waals surface area contributed by atoms with Gasteiger partial charge in [-0.15, -0.1) is 0 Å². The number of furan rings is 1. The van der Waals surface area contributed by atoms with E-state index in [0.29, 0.717) is 29.6 Å². The van der Waals surface area contributed by atoms with Crippen molar-refractivity contribution in [2.75, 3.05) is 18.1 Å². The third-order valence-corrected chi connectivity index (χ3v) is 9.79. The molecule has 5 rings (SSSR count). The molecule has 0 radical (unpaired) electrons. The number of amides is 1. The van der Waals surface area contributed by atoms with Gasteiger partial charge < -0.3 is 9.15 Å². The summed E-state index contributed by atoms with van der Waals surface area (Å²) in [6.07, 6.45) is 5.13. The number of carbonyl (C=O) groups is 1. The summed E-state index contributed by atoms with van der Waals surface area (Å²) < 4.78 is 40.4. The summed E-state index contributed by atoms with van der Waals surface area (Å²) in [5, 5.41) is 0.519. The molecule has 4 aromatic rings. The molecule has 38 heavy (non-hydrogen) atoms. The second kappa shape index (κ2) is 11.3. The Morgan fingerprint density at radius 1 is 1.16 bits per heavy atom. The van der Waals surface area contributed by atoms with E-state index in [4.69, 9.17) is 14.1 Å². The minimum atomic E-state index is -3.63. The van der Waals surface area contributed by atoms with Crippen LogP contribution in [0, 0.1) is 0 Å². The summed E-state index contributed by atoms with van der Waals surface area (Å²) in [6, 6.07) is 15.5. The molecule has 1 aliphatic heterocycles. The highest BCUT2D eigenvalue weighted by Gasteiger charge is 2.32. The number of piperidine rings is 1. The van der Waals surface area contributed by atoms with Crippen molar-refractivity contribution in [3.05, 3.63) is 72.2 Å². The maximum Gasteiger partial charge on any atom is 0.260 e. The Morgan fingerprint density at radius 3 is 2.68 bits per heavy atom. The van der Waals surface area contributed by atoms with Crippen molar-refractivity contribution in [2.24, 2.45) is 0 Å². The Labute approximate surface area is 226 Å². The first-order chi connectivity index (χ1) is 18.4. The van der Waals surface area contributed by atoms with E-state index in [1.165, 1.54) is 23.5 Å². The first-order valence-electron chi connectivity index (χ1n) is 12.9. The topological polar surface area (TPSA) is 93.0 Å². The highest BCUT2D eigenvalue weighted by Crippen LogP contribution is 2.33. The molecule has 2 aromatic heterocycles. The van der Waals surface area contributed by atoms with Crippen LogP contribution in [0.2, 0.25) is 0 Å². The number of benzene rings is 2. The minimum absolute atomic E-state index is 0.0149. The lowest BCUT2D eigenvalue weighted by molar-refractivity contribution is 0.0983. The normalized spacial score (nSPS) is 16.5. The van der Waals surface area contributed by atoms with E-state index in [1.807, 2.05) is 32.0 Å². The van der Waals surface area contributed by atoms with Gasteiger partial charge in [-0.2, -0.15) is 4.31 Å². The Bertz CT molecular complexity index is 1500. The van der Waals surface area contributed by atoms with Gasteiger partial charge in [-0.25, -0.2) is 13.4 Å². The molecule has 1 fully saturated rings. The lowest BCUT2D eigenvalue weighted by atomic mass is 10.0. The van der Waals surface area contributed by atoms with Gasteiger partial charge >= 0.3 is 0 Å². The number of anilines is 1. The molecule has 0 bridgehead atoms. The number of ether oxygens (including phenoxy) is 1. The Kier molecular flexibility index (Phi) is 7.83. The summed E-state index contributed by atoms with van der Waals surface area (Å²) in [5.41, 5.74) is 1.13. The van der Waals surface area contributed by atoms with Crippen LogP contribution in [0.15, 0.2) is 70.2 Å². The molecular formula is C28H31N3O5S2. The quantitative estimate of drug-likeness (QED) is 0.249. The fourth-order valence-electron chi connectivity index (χ4n) is 4.81. The maximum absolute atomic E-state index is 13.7. The minimum Gasteiger partial charge on any atom is -0.494 e. The lowest BCUT2D eigenvalue weighted by Crippen LogP contribution is -2.43. The first kappa shape index (κ1) is 26.4. The van der Waals surface area contributed by atoms with Crippen LogP contribution in [-0.4, -0.2) is 42.8 Å². The molecule has 2 aromatic carbocycles. The van der Waals surface area contributed by atoms with Gasteiger partial charge in [0.15, 0.2) is 5.13 Å². The third kappa shape index (κ3) is 5.34. The molecule has 0 aliphatic carbocycles. The maximum atomic E-state index is 13.7. The Hall–Kier alpha value is -3.21. The van der Waals surface area contributed by atoms with Gasteiger partial charge in [-0.05, 0) is 80.8 Å². The monoisotopic (exact) mass is 553 g/mol. The van der Waals surface area contributed by atoms with Gasteiger partial charge in [-0.3, -0.25) is 9.69 Å². The van der Waals surface area contributed by atoms with Crippen molar-refractivity contribution < 1.29 is 22.4 Å². The molecule has 3 heterocycles. The van der Waals surface area contributed by atoms with Gasteiger partial charge in [0.1, 0.15) is 11.5 Å². The molecule has 8 nitrogen and oxygen atoms in total. The smallest absolute Gasteiger partial charge is 0.260 e. The molecule has 1 amide bonds. The van der Waals surface area contributed by atoms with Crippen LogP contribution >= 0.6 is 11.3 Å². The van der Waals surface area contributed by atoms with Crippen molar-refractivity contribution in [1.29, 1.82) is 0 Å². The zero-order chi connectivity index (χ0) is 26.7. The number of hydrogen-bond acceptors (Lipinski definition) is 7. The van der Waals surface area contributed by atoms with Crippen LogP contribution in [-0.2, 0) is 16.6 Å². The Morgan fingerprint density at radius 2 is 1.97 bits per heavy atom.